The summed E-state index contributed by atoms with van der Waals surface area (Å²) >= 11 is 0. The van der Waals surface area contributed by atoms with Crippen LogP contribution in [0.3, 0.4) is 0 Å². The van der Waals surface area contributed by atoms with Gasteiger partial charge in [-0.1, -0.05) is 30.3 Å². The van der Waals surface area contributed by atoms with Crippen molar-refractivity contribution in [2.24, 2.45) is 0 Å². The minimum Gasteiger partial charge on any atom is -0.374 e. The van der Waals surface area contributed by atoms with Crippen LogP contribution in [-0.4, -0.2) is 31.6 Å². The average molecular weight is 219 g/mol. The van der Waals surface area contributed by atoms with E-state index in [1.165, 1.54) is 0 Å². The van der Waals surface area contributed by atoms with Crippen molar-refractivity contribution >= 4 is 5.78 Å². The molecule has 16 heavy (non-hydrogen) atoms. The van der Waals surface area contributed by atoms with Crippen molar-refractivity contribution in [1.29, 1.82) is 0 Å². The highest BCUT2D eigenvalue weighted by Gasteiger charge is 2.29. The minimum atomic E-state index is -0.144. The maximum absolute atomic E-state index is 11.7. The number of benzene rings is 1. The third kappa shape index (κ3) is 2.49. The van der Waals surface area contributed by atoms with Gasteiger partial charge in [0.15, 0.2) is 0 Å². The van der Waals surface area contributed by atoms with Crippen LogP contribution in [0.5, 0.6) is 0 Å². The van der Waals surface area contributed by atoms with Gasteiger partial charge >= 0.3 is 0 Å². The van der Waals surface area contributed by atoms with Crippen LogP contribution in [0.15, 0.2) is 30.3 Å². The SMILES string of the molecule is CC(=O)C(c1ccccc1)C1CNCCO1. The molecule has 1 N–H and O–H groups in total. The molecule has 0 aromatic heterocycles. The second-order valence-corrected chi connectivity index (χ2v) is 4.11. The molecule has 3 nitrogen and oxygen atoms in total. The van der Waals surface area contributed by atoms with Gasteiger partial charge in [0.25, 0.3) is 0 Å². The third-order valence-corrected chi connectivity index (χ3v) is 2.92. The second-order valence-electron chi connectivity index (χ2n) is 4.11. The van der Waals surface area contributed by atoms with E-state index in [1.54, 1.807) is 6.92 Å². The molecule has 1 aliphatic rings. The lowest BCUT2D eigenvalue weighted by molar-refractivity contribution is -0.122. The van der Waals surface area contributed by atoms with Crippen molar-refractivity contribution < 1.29 is 9.53 Å². The van der Waals surface area contributed by atoms with Gasteiger partial charge in [-0.3, -0.25) is 4.79 Å². The molecule has 0 aliphatic carbocycles. The number of ketones is 1. The first-order valence-electron chi connectivity index (χ1n) is 5.67. The molecule has 2 rings (SSSR count). The number of Topliss-reactive ketones (excluding diaryl/α,β-unsaturated/α-hetero) is 1. The van der Waals surface area contributed by atoms with E-state index in [9.17, 15) is 4.79 Å². The van der Waals surface area contributed by atoms with Crippen molar-refractivity contribution in [2.45, 2.75) is 18.9 Å². The van der Waals surface area contributed by atoms with Crippen LogP contribution >= 0.6 is 0 Å². The van der Waals surface area contributed by atoms with Crippen LogP contribution in [0, 0.1) is 0 Å². The number of carbonyl (C=O) groups is 1. The molecule has 0 amide bonds. The number of ether oxygens (including phenoxy) is 1. The number of carbonyl (C=O) groups excluding carboxylic acids is 1. The Morgan fingerprint density at radius 3 is 2.75 bits per heavy atom. The Morgan fingerprint density at radius 1 is 1.44 bits per heavy atom. The number of nitrogens with one attached hydrogen (secondary N) is 1. The first kappa shape index (κ1) is 11.3. The van der Waals surface area contributed by atoms with E-state index in [4.69, 9.17) is 4.74 Å². The Labute approximate surface area is 95.8 Å². The van der Waals surface area contributed by atoms with Gasteiger partial charge in [0.05, 0.1) is 18.6 Å². The monoisotopic (exact) mass is 219 g/mol. The van der Waals surface area contributed by atoms with Crippen LogP contribution in [0.4, 0.5) is 0 Å². The largest absolute Gasteiger partial charge is 0.374 e. The van der Waals surface area contributed by atoms with Gasteiger partial charge in [-0.15, -0.1) is 0 Å². The van der Waals surface area contributed by atoms with Crippen LogP contribution in [0.2, 0.25) is 0 Å². The normalized spacial score (nSPS) is 22.7. The van der Waals surface area contributed by atoms with Gasteiger partial charge in [-0.05, 0) is 12.5 Å². The van der Waals surface area contributed by atoms with E-state index >= 15 is 0 Å². The summed E-state index contributed by atoms with van der Waals surface area (Å²) in [5.74, 6) is 0.0221. The van der Waals surface area contributed by atoms with E-state index < -0.39 is 0 Å². The Bertz CT molecular complexity index is 344. The van der Waals surface area contributed by atoms with Crippen molar-refractivity contribution in [3.05, 3.63) is 35.9 Å². The van der Waals surface area contributed by atoms with E-state index in [0.29, 0.717) is 6.61 Å². The molecule has 86 valence electrons. The van der Waals surface area contributed by atoms with E-state index in [1.807, 2.05) is 30.3 Å². The summed E-state index contributed by atoms with van der Waals surface area (Å²) < 4.78 is 5.67. The Balaban J connectivity index is 2.20. The van der Waals surface area contributed by atoms with E-state index in [2.05, 4.69) is 5.32 Å². The van der Waals surface area contributed by atoms with Gasteiger partial charge < -0.3 is 10.1 Å². The molecule has 1 fully saturated rings. The van der Waals surface area contributed by atoms with Crippen molar-refractivity contribution in [3.63, 3.8) is 0 Å². The lowest BCUT2D eigenvalue weighted by Gasteiger charge is -2.29. The fraction of sp³-hybridized carbons (Fsp3) is 0.462. The fourth-order valence-electron chi connectivity index (χ4n) is 2.17. The van der Waals surface area contributed by atoms with Gasteiger partial charge in [-0.2, -0.15) is 0 Å². The van der Waals surface area contributed by atoms with Crippen LogP contribution in [0.1, 0.15) is 18.4 Å². The first-order chi connectivity index (χ1) is 7.79. The molecule has 0 radical (unpaired) electrons. The maximum Gasteiger partial charge on any atom is 0.139 e. The number of hydrogen-bond acceptors (Lipinski definition) is 3. The molecule has 1 saturated heterocycles. The van der Waals surface area contributed by atoms with Gasteiger partial charge in [0.1, 0.15) is 5.78 Å². The van der Waals surface area contributed by atoms with E-state index in [0.717, 1.165) is 18.7 Å². The minimum absolute atomic E-state index is 0.0337. The molecule has 1 aliphatic heterocycles. The lowest BCUT2D eigenvalue weighted by atomic mass is 9.89. The summed E-state index contributed by atoms with van der Waals surface area (Å²) in [6.45, 7) is 3.94. The summed E-state index contributed by atoms with van der Waals surface area (Å²) in [6, 6.07) is 9.86. The molecule has 0 spiro atoms. The second kappa shape index (κ2) is 5.23. The summed E-state index contributed by atoms with van der Waals surface area (Å²) in [5, 5.41) is 3.26. The average Bonchev–Trinajstić information content (AvgIpc) is 2.31. The molecule has 0 bridgehead atoms. The molecule has 0 saturated carbocycles. The molecular weight excluding hydrogens is 202 g/mol. The highest BCUT2D eigenvalue weighted by molar-refractivity contribution is 5.84. The van der Waals surface area contributed by atoms with Gasteiger partial charge in [-0.25, -0.2) is 0 Å². The smallest absolute Gasteiger partial charge is 0.139 e. The van der Waals surface area contributed by atoms with Crippen molar-refractivity contribution in [1.82, 2.24) is 5.32 Å². The van der Waals surface area contributed by atoms with Crippen molar-refractivity contribution in [3.8, 4) is 0 Å². The predicted molar refractivity (Wildman–Crippen MR) is 62.5 cm³/mol. The van der Waals surface area contributed by atoms with Crippen molar-refractivity contribution in [2.75, 3.05) is 19.7 Å². The van der Waals surface area contributed by atoms with Crippen LogP contribution < -0.4 is 5.32 Å². The maximum atomic E-state index is 11.7. The Hall–Kier alpha value is -1.19. The lowest BCUT2D eigenvalue weighted by Crippen LogP contribution is -2.43. The zero-order chi connectivity index (χ0) is 11.4. The van der Waals surface area contributed by atoms with Gasteiger partial charge in [0.2, 0.25) is 0 Å². The van der Waals surface area contributed by atoms with E-state index in [-0.39, 0.29) is 17.8 Å². The quantitative estimate of drug-likeness (QED) is 0.834. The van der Waals surface area contributed by atoms with Gasteiger partial charge in [0, 0.05) is 13.1 Å². The summed E-state index contributed by atoms with van der Waals surface area (Å²) in [5.41, 5.74) is 1.05. The highest BCUT2D eigenvalue weighted by atomic mass is 16.5. The zero-order valence-electron chi connectivity index (χ0n) is 9.48. The summed E-state index contributed by atoms with van der Waals surface area (Å²) in [6.07, 6.45) is -0.0337. The predicted octanol–water partition coefficient (Wildman–Crippen LogP) is 1.35. The number of rotatable bonds is 3. The molecule has 1 aromatic carbocycles. The number of morpholine rings is 1. The highest BCUT2D eigenvalue weighted by Crippen LogP contribution is 2.23. The molecule has 1 aromatic rings. The Morgan fingerprint density at radius 2 is 2.19 bits per heavy atom. The molecule has 2 atom stereocenters. The first-order valence-corrected chi connectivity index (χ1v) is 5.67. The number of hydrogen-bond donors (Lipinski definition) is 1. The van der Waals surface area contributed by atoms with Crippen LogP contribution in [-0.2, 0) is 9.53 Å². The Kier molecular flexibility index (Phi) is 3.70. The standard InChI is InChI=1S/C13H17NO2/c1-10(15)13(11-5-3-2-4-6-11)12-9-14-7-8-16-12/h2-6,12-14H,7-9H2,1H3. The molecular formula is C13H17NO2. The zero-order valence-corrected chi connectivity index (χ0v) is 9.48. The topological polar surface area (TPSA) is 38.3 Å². The fourth-order valence-corrected chi connectivity index (χ4v) is 2.17. The van der Waals surface area contributed by atoms with Crippen LogP contribution in [0.25, 0.3) is 0 Å². The third-order valence-electron chi connectivity index (χ3n) is 2.92. The molecule has 3 heteroatoms. The molecule has 1 heterocycles. The summed E-state index contributed by atoms with van der Waals surface area (Å²) in [7, 11) is 0. The summed E-state index contributed by atoms with van der Waals surface area (Å²) in [4.78, 5) is 11.7. The molecule has 2 unspecified atom stereocenters.